The molecule has 2 aliphatic rings. The zero-order chi connectivity index (χ0) is 16.8. The number of hydrogen-bond donors (Lipinski definition) is 0. The molecular weight excluding hydrogens is 331 g/mol. The van der Waals surface area contributed by atoms with Gasteiger partial charge in [-0.2, -0.15) is 0 Å². The second-order valence-electron chi connectivity index (χ2n) is 6.53. The highest BCUT2D eigenvalue weighted by molar-refractivity contribution is 6.33. The summed E-state index contributed by atoms with van der Waals surface area (Å²) in [6.45, 7) is 1.77. The van der Waals surface area contributed by atoms with Gasteiger partial charge in [0.2, 0.25) is 0 Å². The van der Waals surface area contributed by atoms with E-state index in [9.17, 15) is 14.0 Å². The van der Waals surface area contributed by atoms with Gasteiger partial charge in [0.25, 0.3) is 11.5 Å². The fourth-order valence-corrected chi connectivity index (χ4v) is 4.14. The summed E-state index contributed by atoms with van der Waals surface area (Å²) in [6, 6.07) is 9.15. The Morgan fingerprint density at radius 3 is 2.79 bits per heavy atom. The van der Waals surface area contributed by atoms with E-state index in [4.69, 9.17) is 11.6 Å². The van der Waals surface area contributed by atoms with Gasteiger partial charge >= 0.3 is 0 Å². The highest BCUT2D eigenvalue weighted by Gasteiger charge is 2.36. The molecule has 2 bridgehead atoms. The van der Waals surface area contributed by atoms with Crippen LogP contribution < -0.4 is 5.56 Å². The van der Waals surface area contributed by atoms with Gasteiger partial charge in [0.05, 0.1) is 10.6 Å². The second kappa shape index (κ2) is 5.74. The zero-order valence-corrected chi connectivity index (χ0v) is 13.7. The van der Waals surface area contributed by atoms with Crippen molar-refractivity contribution >= 4 is 17.5 Å². The van der Waals surface area contributed by atoms with Gasteiger partial charge in [-0.3, -0.25) is 9.59 Å². The molecule has 0 saturated carbocycles. The third-order valence-electron chi connectivity index (χ3n) is 4.93. The smallest absolute Gasteiger partial charge is 0.255 e. The summed E-state index contributed by atoms with van der Waals surface area (Å²) in [5.41, 5.74) is 1.33. The van der Waals surface area contributed by atoms with Crippen LogP contribution in [0.5, 0.6) is 0 Å². The van der Waals surface area contributed by atoms with Crippen molar-refractivity contribution in [3.63, 3.8) is 0 Å². The molecule has 1 amide bonds. The molecule has 0 aliphatic carbocycles. The molecule has 0 spiro atoms. The number of halogens is 2. The van der Waals surface area contributed by atoms with E-state index in [-0.39, 0.29) is 28.3 Å². The van der Waals surface area contributed by atoms with E-state index in [0.29, 0.717) is 25.2 Å². The number of carbonyl (C=O) groups excluding carboxylic acids is 1. The van der Waals surface area contributed by atoms with Crippen molar-refractivity contribution in [3.8, 4) is 0 Å². The average molecular weight is 347 g/mol. The first-order chi connectivity index (χ1) is 11.5. The Morgan fingerprint density at radius 1 is 1.17 bits per heavy atom. The van der Waals surface area contributed by atoms with Crippen molar-refractivity contribution < 1.29 is 9.18 Å². The molecule has 1 aromatic heterocycles. The standard InChI is InChI=1S/C18H16ClFN2O2/c19-15-7-13(20)4-5-14(15)18(24)21-8-11-6-12(10-21)16-2-1-3-17(23)22(16)9-11/h1-5,7,11-12H,6,8-10H2. The van der Waals surface area contributed by atoms with Gasteiger partial charge in [0, 0.05) is 37.3 Å². The summed E-state index contributed by atoms with van der Waals surface area (Å²) in [5.74, 6) is -0.240. The van der Waals surface area contributed by atoms with Crippen molar-refractivity contribution in [3.05, 3.63) is 68.8 Å². The third-order valence-corrected chi connectivity index (χ3v) is 5.24. The highest BCUT2D eigenvalue weighted by Crippen LogP contribution is 2.35. The second-order valence-corrected chi connectivity index (χ2v) is 6.94. The molecule has 2 aliphatic heterocycles. The lowest BCUT2D eigenvalue weighted by Crippen LogP contribution is -2.49. The monoisotopic (exact) mass is 346 g/mol. The Morgan fingerprint density at radius 2 is 2.00 bits per heavy atom. The van der Waals surface area contributed by atoms with Crippen LogP contribution >= 0.6 is 11.6 Å². The summed E-state index contributed by atoms with van der Waals surface area (Å²) in [5, 5.41) is 0.132. The number of hydrogen-bond acceptors (Lipinski definition) is 2. The van der Waals surface area contributed by atoms with E-state index in [1.807, 2.05) is 10.6 Å². The average Bonchev–Trinajstić information content (AvgIpc) is 2.55. The van der Waals surface area contributed by atoms with Crippen LogP contribution in [0, 0.1) is 11.7 Å². The van der Waals surface area contributed by atoms with Gasteiger partial charge in [-0.1, -0.05) is 17.7 Å². The van der Waals surface area contributed by atoms with E-state index >= 15 is 0 Å². The summed E-state index contributed by atoms with van der Waals surface area (Å²) >= 11 is 6.03. The fourth-order valence-electron chi connectivity index (χ4n) is 3.90. The first-order valence-corrected chi connectivity index (χ1v) is 8.35. The molecule has 4 rings (SSSR count). The number of nitrogens with zero attached hydrogens (tertiary/aromatic N) is 2. The number of carbonyl (C=O) groups is 1. The molecule has 1 aromatic carbocycles. The van der Waals surface area contributed by atoms with Crippen molar-refractivity contribution in [1.82, 2.24) is 9.47 Å². The maximum atomic E-state index is 13.2. The minimum atomic E-state index is -0.458. The Labute approximate surface area is 143 Å². The molecule has 2 aromatic rings. The van der Waals surface area contributed by atoms with Crippen molar-refractivity contribution in [2.45, 2.75) is 18.9 Å². The van der Waals surface area contributed by atoms with Crippen LogP contribution in [-0.4, -0.2) is 28.5 Å². The summed E-state index contributed by atoms with van der Waals surface area (Å²) < 4.78 is 15.0. The first-order valence-electron chi connectivity index (χ1n) is 7.97. The van der Waals surface area contributed by atoms with Gasteiger partial charge in [-0.25, -0.2) is 4.39 Å². The van der Waals surface area contributed by atoms with Crippen LogP contribution in [-0.2, 0) is 6.54 Å². The van der Waals surface area contributed by atoms with Crippen LogP contribution in [0.3, 0.4) is 0 Å². The van der Waals surface area contributed by atoms with E-state index in [0.717, 1.165) is 18.2 Å². The molecule has 124 valence electrons. The Balaban J connectivity index is 1.64. The molecule has 0 N–H and O–H groups in total. The maximum Gasteiger partial charge on any atom is 0.255 e. The molecule has 2 unspecified atom stereocenters. The van der Waals surface area contributed by atoms with Gasteiger partial charge in [-0.15, -0.1) is 0 Å². The van der Waals surface area contributed by atoms with E-state index in [2.05, 4.69) is 0 Å². The predicted molar refractivity (Wildman–Crippen MR) is 88.9 cm³/mol. The molecule has 1 fully saturated rings. The fraction of sp³-hybridized carbons (Fsp3) is 0.333. The van der Waals surface area contributed by atoms with Gasteiger partial charge in [-0.05, 0) is 36.6 Å². The van der Waals surface area contributed by atoms with Crippen molar-refractivity contribution in [2.75, 3.05) is 13.1 Å². The lowest BCUT2D eigenvalue weighted by atomic mass is 9.83. The zero-order valence-electron chi connectivity index (χ0n) is 12.9. The number of piperidine rings is 1. The minimum Gasteiger partial charge on any atom is -0.338 e. The largest absolute Gasteiger partial charge is 0.338 e. The van der Waals surface area contributed by atoms with Gasteiger partial charge in [0.15, 0.2) is 0 Å². The predicted octanol–water partition coefficient (Wildman–Crippen LogP) is 2.90. The van der Waals surface area contributed by atoms with Gasteiger partial charge in [0.1, 0.15) is 5.82 Å². The minimum absolute atomic E-state index is 0.0172. The summed E-state index contributed by atoms with van der Waals surface area (Å²) in [4.78, 5) is 26.6. The third kappa shape index (κ3) is 2.53. The number of aromatic nitrogens is 1. The van der Waals surface area contributed by atoms with E-state index < -0.39 is 5.82 Å². The maximum absolute atomic E-state index is 13.2. The van der Waals surface area contributed by atoms with Crippen LogP contribution in [0.1, 0.15) is 28.4 Å². The molecular formula is C18H16ClFN2O2. The lowest BCUT2D eigenvalue weighted by Gasteiger charge is -2.42. The number of rotatable bonds is 1. The molecule has 2 atom stereocenters. The normalized spacial score (nSPS) is 22.2. The Bertz CT molecular complexity index is 880. The molecule has 1 saturated heterocycles. The molecule has 6 heteroatoms. The Hall–Kier alpha value is -2.14. The molecule has 0 radical (unpaired) electrons. The number of likely N-dealkylation sites (tertiary alicyclic amines) is 1. The molecule has 24 heavy (non-hydrogen) atoms. The number of benzene rings is 1. The van der Waals surface area contributed by atoms with Crippen molar-refractivity contribution in [2.24, 2.45) is 5.92 Å². The van der Waals surface area contributed by atoms with Crippen molar-refractivity contribution in [1.29, 1.82) is 0 Å². The quantitative estimate of drug-likeness (QED) is 0.796. The lowest BCUT2D eigenvalue weighted by molar-refractivity contribution is 0.0594. The summed E-state index contributed by atoms with van der Waals surface area (Å²) in [7, 11) is 0. The van der Waals surface area contributed by atoms with Crippen LogP contribution in [0.15, 0.2) is 41.2 Å². The van der Waals surface area contributed by atoms with Gasteiger partial charge < -0.3 is 9.47 Å². The number of amides is 1. The van der Waals surface area contributed by atoms with E-state index in [1.165, 1.54) is 12.1 Å². The highest BCUT2D eigenvalue weighted by atomic mass is 35.5. The number of pyridine rings is 1. The SMILES string of the molecule is O=C(c1ccc(F)cc1Cl)N1CC2CC(C1)c1cccc(=O)n1C2. The van der Waals surface area contributed by atoms with E-state index in [1.54, 1.807) is 17.0 Å². The first kappa shape index (κ1) is 15.4. The topological polar surface area (TPSA) is 42.3 Å². The van der Waals surface area contributed by atoms with Crippen LogP contribution in [0.2, 0.25) is 5.02 Å². The van der Waals surface area contributed by atoms with Crippen LogP contribution in [0.4, 0.5) is 4.39 Å². The Kier molecular flexibility index (Phi) is 3.68. The van der Waals surface area contributed by atoms with Crippen LogP contribution in [0.25, 0.3) is 0 Å². The molecule has 4 nitrogen and oxygen atoms in total. The summed E-state index contributed by atoms with van der Waals surface area (Å²) in [6.07, 6.45) is 0.977. The molecule has 3 heterocycles. The number of fused-ring (bicyclic) bond motifs is 4.